The molecule has 456 valence electrons. The van der Waals surface area contributed by atoms with Crippen LogP contribution in [-0.4, -0.2) is 63.7 Å². The molecular formula is C72H118CaO6S2. The van der Waals surface area contributed by atoms with Gasteiger partial charge in [0.2, 0.25) is 0 Å². The van der Waals surface area contributed by atoms with Crippen LogP contribution < -0.4 is 0 Å². The number of hydrogen-bond acceptors (Lipinski definition) is 6. The van der Waals surface area contributed by atoms with Crippen LogP contribution in [0.3, 0.4) is 0 Å². The van der Waals surface area contributed by atoms with Crippen LogP contribution in [0.5, 0.6) is 0 Å². The van der Waals surface area contributed by atoms with Crippen molar-refractivity contribution < 1.29 is 25.9 Å². The van der Waals surface area contributed by atoms with Gasteiger partial charge >= 0.3 is 37.7 Å². The standard InChI is InChI=1S/2C36H60O3S.Ca/c2*1-3-5-7-9-11-13-15-17-19-21-23-26-32-28-25-29-33-31-36(40(37,38)39)34(30-35(32)33)27-24-22-20-18-16-14-12-10-8-6-4-2;/h2*25,28-31H,3-24,26-27H2,1-2H3,(H,37,38,39);/q;;+2/p-2. The first-order valence-corrected chi connectivity index (χ1v) is 36.8. The first-order valence-electron chi connectivity index (χ1n) is 33.9. The molecular weight excluding hydrogens is 1060 g/mol. The smallest absolute Gasteiger partial charge is 0.744 e. The Labute approximate surface area is 529 Å². The van der Waals surface area contributed by atoms with Crippen molar-refractivity contribution >= 4 is 79.5 Å². The molecule has 0 heterocycles. The van der Waals surface area contributed by atoms with E-state index in [1.54, 1.807) is 12.1 Å². The quantitative estimate of drug-likeness (QED) is 0.0247. The van der Waals surface area contributed by atoms with Crippen LogP contribution in [-0.2, 0) is 45.9 Å². The zero-order chi connectivity index (χ0) is 57.8. The maximum absolute atomic E-state index is 12.1. The molecule has 4 rings (SSSR count). The summed E-state index contributed by atoms with van der Waals surface area (Å²) >= 11 is 0. The number of hydrogen-bond donors (Lipinski definition) is 0. The zero-order valence-corrected chi connectivity index (χ0v) is 56.5. The molecule has 9 heteroatoms. The summed E-state index contributed by atoms with van der Waals surface area (Å²) in [5.74, 6) is 0. The Balaban J connectivity index is 0.000000547. The van der Waals surface area contributed by atoms with Crippen LogP contribution in [0.2, 0.25) is 0 Å². The Morgan fingerprint density at radius 1 is 0.272 bits per heavy atom. The summed E-state index contributed by atoms with van der Waals surface area (Å²) in [7, 11) is -8.98. The second-order valence-electron chi connectivity index (χ2n) is 24.2. The monoisotopic (exact) mass is 1180 g/mol. The third-order valence-corrected chi connectivity index (χ3v) is 18.9. The normalized spacial score (nSPS) is 11.8. The summed E-state index contributed by atoms with van der Waals surface area (Å²) < 4.78 is 72.7. The molecule has 0 aliphatic rings. The molecule has 0 aromatic heterocycles. The van der Waals surface area contributed by atoms with Crippen molar-refractivity contribution in [3.8, 4) is 0 Å². The van der Waals surface area contributed by atoms with Crippen molar-refractivity contribution in [1.82, 2.24) is 0 Å². The number of unbranched alkanes of at least 4 members (excludes halogenated alkanes) is 40. The SMILES string of the molecule is CCCCCCCCCCCCCc1cc2c(CCCCCCCCCCCCC)cccc2cc1S(=O)(=O)[O-].CCCCCCCCCCCCCc1cc2c(CCCCCCCCCCCCC)cccc2cc1S(=O)(=O)[O-].[Ca+2]. The number of rotatable bonds is 50. The molecule has 0 spiro atoms. The van der Waals surface area contributed by atoms with Crippen LogP contribution in [0.4, 0.5) is 0 Å². The minimum Gasteiger partial charge on any atom is -0.744 e. The fourth-order valence-electron chi connectivity index (χ4n) is 12.0. The molecule has 81 heavy (non-hydrogen) atoms. The fraction of sp³-hybridized carbons (Fsp3) is 0.722. The molecule has 0 fully saturated rings. The van der Waals surface area contributed by atoms with Crippen LogP contribution >= 0.6 is 0 Å². The molecule has 0 saturated carbocycles. The summed E-state index contributed by atoms with van der Waals surface area (Å²) in [6, 6.07) is 19.5. The van der Waals surface area contributed by atoms with Gasteiger partial charge in [0, 0.05) is 0 Å². The summed E-state index contributed by atoms with van der Waals surface area (Å²) in [6.07, 6.45) is 60.3. The molecule has 4 aromatic rings. The summed E-state index contributed by atoms with van der Waals surface area (Å²) in [5, 5.41) is 4.00. The van der Waals surface area contributed by atoms with Crippen molar-refractivity contribution in [1.29, 1.82) is 0 Å². The molecule has 0 amide bonds. The van der Waals surface area contributed by atoms with E-state index in [4.69, 9.17) is 0 Å². The average Bonchev–Trinajstić information content (AvgIpc) is 3.44. The van der Waals surface area contributed by atoms with Crippen LogP contribution in [0.25, 0.3) is 21.5 Å². The van der Waals surface area contributed by atoms with Gasteiger partial charge in [-0.05, 0) is 119 Å². The van der Waals surface area contributed by atoms with Crippen LogP contribution in [0.1, 0.15) is 332 Å². The Kier molecular flexibility index (Phi) is 45.3. The first-order chi connectivity index (χ1) is 38.9. The summed E-state index contributed by atoms with van der Waals surface area (Å²) in [5.41, 5.74) is 3.99. The number of fused-ring (bicyclic) bond motifs is 2. The maximum atomic E-state index is 12.1. The van der Waals surface area contributed by atoms with Gasteiger partial charge in [-0.1, -0.05) is 321 Å². The molecule has 0 atom stereocenters. The van der Waals surface area contributed by atoms with Crippen molar-refractivity contribution in [3.05, 3.63) is 82.9 Å². The van der Waals surface area contributed by atoms with Crippen molar-refractivity contribution in [2.24, 2.45) is 0 Å². The van der Waals surface area contributed by atoms with E-state index in [0.29, 0.717) is 24.0 Å². The Bertz CT molecular complexity index is 2230. The third-order valence-electron chi connectivity index (χ3n) is 17.0. The van der Waals surface area contributed by atoms with Gasteiger partial charge in [0.05, 0.1) is 9.79 Å². The van der Waals surface area contributed by atoms with Gasteiger partial charge < -0.3 is 9.11 Å². The largest absolute Gasteiger partial charge is 2.00 e. The van der Waals surface area contributed by atoms with Gasteiger partial charge in [-0.2, -0.15) is 0 Å². The number of aryl methyl sites for hydroxylation is 4. The average molecular weight is 1180 g/mol. The summed E-state index contributed by atoms with van der Waals surface area (Å²) in [4.78, 5) is -0.0298. The predicted octanol–water partition coefficient (Wildman–Crippen LogP) is 22.5. The third kappa shape index (κ3) is 35.0. The van der Waals surface area contributed by atoms with E-state index in [9.17, 15) is 25.9 Å². The molecule has 0 saturated heterocycles. The zero-order valence-electron chi connectivity index (χ0n) is 52.7. The molecule has 4 aromatic carbocycles. The molecule has 0 radical (unpaired) electrons. The van der Waals surface area contributed by atoms with E-state index in [-0.39, 0.29) is 47.5 Å². The molecule has 0 aliphatic heterocycles. The molecule has 0 N–H and O–H groups in total. The van der Waals surface area contributed by atoms with Crippen molar-refractivity contribution in [3.63, 3.8) is 0 Å². The molecule has 0 aliphatic carbocycles. The van der Waals surface area contributed by atoms with Gasteiger partial charge in [0.25, 0.3) is 0 Å². The van der Waals surface area contributed by atoms with Crippen LogP contribution in [0, 0.1) is 0 Å². The maximum Gasteiger partial charge on any atom is 2.00 e. The second kappa shape index (κ2) is 48.6. The number of benzene rings is 4. The Morgan fingerprint density at radius 3 is 0.679 bits per heavy atom. The van der Waals surface area contributed by atoms with E-state index in [1.165, 1.54) is 255 Å². The van der Waals surface area contributed by atoms with Gasteiger partial charge in [-0.25, -0.2) is 16.8 Å². The Hall–Kier alpha value is -1.52. The first kappa shape index (κ1) is 75.6. The topological polar surface area (TPSA) is 114 Å². The van der Waals surface area contributed by atoms with Gasteiger partial charge in [-0.3, -0.25) is 0 Å². The molecule has 0 unspecified atom stereocenters. The molecule has 6 nitrogen and oxygen atoms in total. The minimum atomic E-state index is -4.49. The van der Waals surface area contributed by atoms with Crippen LogP contribution in [0.15, 0.2) is 70.5 Å². The van der Waals surface area contributed by atoms with E-state index >= 15 is 0 Å². The van der Waals surface area contributed by atoms with Crippen molar-refractivity contribution in [2.45, 2.75) is 346 Å². The van der Waals surface area contributed by atoms with Gasteiger partial charge in [0.15, 0.2) is 0 Å². The van der Waals surface area contributed by atoms with Crippen molar-refractivity contribution in [2.75, 3.05) is 0 Å². The van der Waals surface area contributed by atoms with Gasteiger partial charge in [-0.15, -0.1) is 0 Å². The molecule has 0 bridgehead atoms. The van der Waals surface area contributed by atoms with E-state index < -0.39 is 20.2 Å². The summed E-state index contributed by atoms with van der Waals surface area (Å²) in [6.45, 7) is 9.05. The minimum absolute atomic E-state index is 0. The van der Waals surface area contributed by atoms with E-state index in [2.05, 4.69) is 39.8 Å². The van der Waals surface area contributed by atoms with E-state index in [1.807, 2.05) is 36.4 Å². The van der Waals surface area contributed by atoms with Gasteiger partial charge in [0.1, 0.15) is 20.2 Å². The Morgan fingerprint density at radius 2 is 0.469 bits per heavy atom. The van der Waals surface area contributed by atoms with E-state index in [0.717, 1.165) is 72.9 Å². The second-order valence-corrected chi connectivity index (χ2v) is 26.9. The predicted molar refractivity (Wildman–Crippen MR) is 350 cm³/mol. The fourth-order valence-corrected chi connectivity index (χ4v) is 13.5.